The summed E-state index contributed by atoms with van der Waals surface area (Å²) < 4.78 is 29.7. The smallest absolute Gasteiger partial charge is 0.335 e. The van der Waals surface area contributed by atoms with E-state index in [1.54, 1.807) is 18.2 Å². The molecule has 3 aromatic rings. The van der Waals surface area contributed by atoms with Crippen LogP contribution < -0.4 is 28.4 Å². The Morgan fingerprint density at radius 3 is 0.775 bits per heavy atom. The van der Waals surface area contributed by atoms with E-state index in [4.69, 9.17) is 43.7 Å². The zero-order valence-corrected chi connectivity index (χ0v) is 24.4. The molecule has 40 heavy (non-hydrogen) atoms. The van der Waals surface area contributed by atoms with Crippen LogP contribution in [0, 0.1) is 37.3 Å². The van der Waals surface area contributed by atoms with Crippen molar-refractivity contribution in [3.05, 3.63) is 71.3 Å². The van der Waals surface area contributed by atoms with Gasteiger partial charge in [-0.1, -0.05) is 0 Å². The number of methoxy groups -OCH3 is 6. The van der Waals surface area contributed by atoms with Crippen LogP contribution in [0.5, 0.6) is 34.5 Å². The summed E-state index contributed by atoms with van der Waals surface area (Å²) in [6.07, 6.45) is 0. The molecule has 12 nitrogen and oxygen atoms in total. The molecular formula is C27H30ErO12. The van der Waals surface area contributed by atoms with Crippen molar-refractivity contribution < 1.29 is 95.4 Å². The molecule has 3 rings (SSSR count). The molecule has 0 atom stereocenters. The fourth-order valence-corrected chi connectivity index (χ4v) is 2.91. The van der Waals surface area contributed by atoms with Gasteiger partial charge in [0.2, 0.25) is 0 Å². The van der Waals surface area contributed by atoms with E-state index in [2.05, 4.69) is 0 Å². The molecule has 0 aliphatic carbocycles. The van der Waals surface area contributed by atoms with Crippen molar-refractivity contribution in [3.63, 3.8) is 0 Å². The number of benzene rings is 3. The minimum Gasteiger partial charge on any atom is -0.493 e. The van der Waals surface area contributed by atoms with Crippen LogP contribution in [0.25, 0.3) is 0 Å². The molecule has 13 heteroatoms. The Morgan fingerprint density at radius 2 is 0.625 bits per heavy atom. The maximum atomic E-state index is 10.6. The summed E-state index contributed by atoms with van der Waals surface area (Å²) in [4.78, 5) is 31.7. The van der Waals surface area contributed by atoms with Crippen LogP contribution in [0.1, 0.15) is 31.1 Å². The quantitative estimate of drug-likeness (QED) is 0.290. The van der Waals surface area contributed by atoms with Crippen LogP contribution in [0.3, 0.4) is 0 Å². The van der Waals surface area contributed by atoms with Crippen LogP contribution in [0.15, 0.2) is 54.6 Å². The number of rotatable bonds is 9. The molecule has 0 amide bonds. The van der Waals surface area contributed by atoms with E-state index in [0.29, 0.717) is 34.5 Å². The molecule has 0 aliphatic heterocycles. The molecule has 3 N–H and O–H groups in total. The second kappa shape index (κ2) is 18.4. The average molecular weight is 714 g/mol. The molecule has 0 bridgehead atoms. The third-order valence-corrected chi connectivity index (χ3v) is 4.89. The first-order valence-corrected chi connectivity index (χ1v) is 10.9. The average Bonchev–Trinajstić information content (AvgIpc) is 2.96. The van der Waals surface area contributed by atoms with Crippen LogP contribution in [-0.2, 0) is 0 Å². The van der Waals surface area contributed by atoms with E-state index in [1.807, 2.05) is 0 Å². The zero-order chi connectivity index (χ0) is 29.5. The van der Waals surface area contributed by atoms with Gasteiger partial charge in [-0.15, -0.1) is 0 Å². The molecule has 0 aromatic heterocycles. The minimum atomic E-state index is -0.985. The number of ether oxygens (including phenoxy) is 6. The van der Waals surface area contributed by atoms with E-state index >= 15 is 0 Å². The molecule has 0 saturated carbocycles. The first-order valence-electron chi connectivity index (χ1n) is 10.9. The van der Waals surface area contributed by atoms with Crippen LogP contribution in [-0.4, -0.2) is 75.9 Å². The van der Waals surface area contributed by atoms with E-state index in [9.17, 15) is 14.4 Å². The maximum Gasteiger partial charge on any atom is 0.335 e. The molecule has 0 heterocycles. The molecule has 0 radical (unpaired) electrons. The molecule has 0 saturated heterocycles. The number of carboxylic acids is 3. The minimum absolute atomic E-state index is 0. The Balaban J connectivity index is 0.000000563. The second-order valence-corrected chi connectivity index (χ2v) is 7.12. The molecular weight excluding hydrogens is 684 g/mol. The summed E-state index contributed by atoms with van der Waals surface area (Å²) in [5.41, 5.74) is 0.535. The van der Waals surface area contributed by atoms with Crippen molar-refractivity contribution >= 4 is 17.9 Å². The van der Waals surface area contributed by atoms with E-state index < -0.39 is 17.9 Å². The van der Waals surface area contributed by atoms with Gasteiger partial charge >= 0.3 is 17.9 Å². The van der Waals surface area contributed by atoms with Crippen molar-refractivity contribution in [1.29, 1.82) is 0 Å². The first-order chi connectivity index (χ1) is 18.6. The SMILES string of the molecule is COc1ccc(C(=O)O)cc1OC.COc1ccc(C(=O)O)cc1OC.COc1ccc(C(=O)O)cc1OC.[Er]. The largest absolute Gasteiger partial charge is 0.493 e. The summed E-state index contributed by atoms with van der Waals surface area (Å²) >= 11 is 0. The summed E-state index contributed by atoms with van der Waals surface area (Å²) in [6, 6.07) is 13.3. The molecule has 0 aliphatic rings. The van der Waals surface area contributed by atoms with Gasteiger partial charge in [0.05, 0.1) is 59.3 Å². The monoisotopic (exact) mass is 712 g/mol. The van der Waals surface area contributed by atoms with Crippen LogP contribution in [0.4, 0.5) is 0 Å². The Bertz CT molecular complexity index is 1120. The van der Waals surface area contributed by atoms with Gasteiger partial charge in [-0.05, 0) is 54.6 Å². The van der Waals surface area contributed by atoms with Gasteiger partial charge in [0, 0.05) is 37.3 Å². The number of aromatic carboxylic acids is 3. The van der Waals surface area contributed by atoms with Gasteiger partial charge in [-0.3, -0.25) is 0 Å². The predicted octanol–water partition coefficient (Wildman–Crippen LogP) is 4.21. The standard InChI is InChI=1S/3C9H10O4.Er/c3*1-12-7-4-3-6(9(10)11)5-8(7)13-2;/h3*3-5H,1-2H3,(H,10,11);. The number of hydrogen-bond donors (Lipinski definition) is 3. The van der Waals surface area contributed by atoms with Crippen molar-refractivity contribution in [1.82, 2.24) is 0 Å². The van der Waals surface area contributed by atoms with E-state index in [0.717, 1.165) is 0 Å². The fourth-order valence-electron chi connectivity index (χ4n) is 2.91. The van der Waals surface area contributed by atoms with Crippen LogP contribution in [0.2, 0.25) is 0 Å². The Kier molecular flexibility index (Phi) is 16.6. The predicted molar refractivity (Wildman–Crippen MR) is 140 cm³/mol. The van der Waals surface area contributed by atoms with Gasteiger partial charge < -0.3 is 43.7 Å². The Hall–Kier alpha value is -3.88. The molecule has 3 aromatic carbocycles. The van der Waals surface area contributed by atoms with E-state index in [-0.39, 0.29) is 54.0 Å². The molecule has 0 spiro atoms. The summed E-state index contributed by atoms with van der Waals surface area (Å²) in [6.45, 7) is 0. The summed E-state index contributed by atoms with van der Waals surface area (Å²) in [5.74, 6) is -0.137. The third-order valence-electron chi connectivity index (χ3n) is 4.89. The number of hydrogen-bond acceptors (Lipinski definition) is 9. The first kappa shape index (κ1) is 36.1. The fraction of sp³-hybridized carbons (Fsp3) is 0.222. The van der Waals surface area contributed by atoms with Gasteiger partial charge in [-0.25, -0.2) is 14.4 Å². The van der Waals surface area contributed by atoms with Crippen molar-refractivity contribution in [2.75, 3.05) is 42.7 Å². The number of carboxylic acid groups (broad SMARTS) is 3. The third kappa shape index (κ3) is 10.7. The van der Waals surface area contributed by atoms with Gasteiger partial charge in [0.1, 0.15) is 0 Å². The normalized spacial score (nSPS) is 9.15. The second-order valence-electron chi connectivity index (χ2n) is 7.12. The number of carbonyl (C=O) groups is 3. The van der Waals surface area contributed by atoms with Crippen molar-refractivity contribution in [2.45, 2.75) is 0 Å². The molecule has 0 unspecified atom stereocenters. The summed E-state index contributed by atoms with van der Waals surface area (Å²) in [5, 5.41) is 26.0. The van der Waals surface area contributed by atoms with Crippen LogP contribution >= 0.6 is 0 Å². The van der Waals surface area contributed by atoms with Crippen molar-refractivity contribution in [3.8, 4) is 34.5 Å². The van der Waals surface area contributed by atoms with E-state index in [1.165, 1.54) is 79.1 Å². The van der Waals surface area contributed by atoms with Crippen molar-refractivity contribution in [2.24, 2.45) is 0 Å². The molecule has 222 valence electrons. The van der Waals surface area contributed by atoms with Gasteiger partial charge in [-0.2, -0.15) is 0 Å². The van der Waals surface area contributed by atoms with Gasteiger partial charge in [0.25, 0.3) is 0 Å². The topological polar surface area (TPSA) is 167 Å². The van der Waals surface area contributed by atoms with Gasteiger partial charge in [0.15, 0.2) is 34.5 Å². The Morgan fingerprint density at radius 1 is 0.425 bits per heavy atom. The maximum absolute atomic E-state index is 10.6. The Labute approximate surface area is 260 Å². The zero-order valence-electron chi connectivity index (χ0n) is 22.5. The summed E-state index contributed by atoms with van der Waals surface area (Å²) in [7, 11) is 8.88. The molecule has 0 fully saturated rings.